The van der Waals surface area contributed by atoms with Gasteiger partial charge in [-0.05, 0) is 26.6 Å². The number of pyridine rings is 1. The molecule has 92 valence electrons. The van der Waals surface area contributed by atoms with E-state index >= 15 is 0 Å². The minimum atomic E-state index is 0.701. The molecule has 0 saturated heterocycles. The first kappa shape index (κ1) is 13.5. The Hall–Kier alpha value is -1.60. The van der Waals surface area contributed by atoms with E-state index < -0.39 is 0 Å². The summed E-state index contributed by atoms with van der Waals surface area (Å²) in [6.45, 7) is 4.99. The summed E-state index contributed by atoms with van der Waals surface area (Å²) in [6, 6.07) is 4.00. The molecule has 17 heavy (non-hydrogen) atoms. The Bertz CT molecular complexity index is 381. The fourth-order valence-electron chi connectivity index (χ4n) is 1.68. The lowest BCUT2D eigenvalue weighted by atomic mass is 10.2. The number of likely N-dealkylation sites (N-methyl/N-ethyl adjacent to an activating group) is 1. The van der Waals surface area contributed by atoms with E-state index in [-0.39, 0.29) is 0 Å². The molecule has 0 amide bonds. The van der Waals surface area contributed by atoms with E-state index in [1.165, 1.54) is 0 Å². The number of nitrogens with zero attached hydrogens (tertiary/aromatic N) is 4. The molecular formula is C13H20N4. The highest BCUT2D eigenvalue weighted by Gasteiger charge is 2.10. The van der Waals surface area contributed by atoms with Crippen LogP contribution in [0, 0.1) is 11.3 Å². The predicted octanol–water partition coefficient (Wildman–Crippen LogP) is 1.73. The van der Waals surface area contributed by atoms with Crippen LogP contribution in [-0.4, -0.2) is 43.6 Å². The molecule has 0 spiro atoms. The highest BCUT2D eigenvalue weighted by Crippen LogP contribution is 2.18. The monoisotopic (exact) mass is 232 g/mol. The van der Waals surface area contributed by atoms with Gasteiger partial charge in [0.15, 0.2) is 0 Å². The van der Waals surface area contributed by atoms with Gasteiger partial charge in [-0.15, -0.1) is 0 Å². The zero-order valence-corrected chi connectivity index (χ0v) is 10.8. The largest absolute Gasteiger partial charge is 0.368 e. The average molecular weight is 232 g/mol. The molecule has 1 aromatic heterocycles. The van der Waals surface area contributed by atoms with Crippen LogP contribution in [0.25, 0.3) is 0 Å². The highest BCUT2D eigenvalue weighted by molar-refractivity contribution is 5.57. The molecule has 1 aromatic rings. The van der Waals surface area contributed by atoms with Crippen molar-refractivity contribution in [3.05, 3.63) is 24.0 Å². The van der Waals surface area contributed by atoms with E-state index in [0.717, 1.165) is 31.7 Å². The third-order valence-electron chi connectivity index (χ3n) is 2.57. The first-order valence-corrected chi connectivity index (χ1v) is 5.92. The van der Waals surface area contributed by atoms with Gasteiger partial charge in [0.05, 0.1) is 17.4 Å². The molecule has 0 radical (unpaired) electrons. The van der Waals surface area contributed by atoms with Crippen LogP contribution < -0.4 is 4.90 Å². The zero-order valence-electron chi connectivity index (χ0n) is 10.8. The van der Waals surface area contributed by atoms with E-state index in [1.54, 1.807) is 18.5 Å². The van der Waals surface area contributed by atoms with Crippen molar-refractivity contribution in [1.29, 1.82) is 5.26 Å². The molecule has 1 rings (SSSR count). The van der Waals surface area contributed by atoms with Crippen LogP contribution in [0.5, 0.6) is 0 Å². The number of nitriles is 1. The van der Waals surface area contributed by atoms with E-state index in [1.807, 2.05) is 0 Å². The van der Waals surface area contributed by atoms with Crippen molar-refractivity contribution in [1.82, 2.24) is 9.88 Å². The van der Waals surface area contributed by atoms with Crippen molar-refractivity contribution in [3.63, 3.8) is 0 Å². The van der Waals surface area contributed by atoms with Crippen LogP contribution in [0.2, 0.25) is 0 Å². The lowest BCUT2D eigenvalue weighted by molar-refractivity contribution is 0.413. The van der Waals surface area contributed by atoms with Gasteiger partial charge in [0, 0.05) is 25.8 Å². The standard InChI is InChI=1S/C13H20N4/c1-4-7-17(9-8-16(2)3)13-11-15-6-5-12(13)10-14/h5-6,11H,4,7-9H2,1-3H3. The summed E-state index contributed by atoms with van der Waals surface area (Å²) in [5.74, 6) is 0. The summed E-state index contributed by atoms with van der Waals surface area (Å²) in [4.78, 5) is 8.49. The molecule has 0 fully saturated rings. The molecule has 0 bridgehead atoms. The molecule has 0 aliphatic heterocycles. The normalized spacial score (nSPS) is 10.3. The maximum absolute atomic E-state index is 9.10. The maximum Gasteiger partial charge on any atom is 0.101 e. The van der Waals surface area contributed by atoms with Crippen LogP contribution in [0.15, 0.2) is 18.5 Å². The summed E-state index contributed by atoms with van der Waals surface area (Å²) in [5, 5.41) is 9.10. The molecule has 0 atom stereocenters. The lowest BCUT2D eigenvalue weighted by Crippen LogP contribution is -2.32. The fourth-order valence-corrected chi connectivity index (χ4v) is 1.68. The Balaban J connectivity index is 2.85. The van der Waals surface area contributed by atoms with Crippen molar-refractivity contribution >= 4 is 5.69 Å². The lowest BCUT2D eigenvalue weighted by Gasteiger charge is -2.26. The van der Waals surface area contributed by atoms with Crippen LogP contribution in [0.3, 0.4) is 0 Å². The number of anilines is 1. The van der Waals surface area contributed by atoms with Crippen molar-refractivity contribution in [3.8, 4) is 6.07 Å². The summed E-state index contributed by atoms with van der Waals surface area (Å²) < 4.78 is 0. The van der Waals surface area contributed by atoms with Crippen LogP contribution in [-0.2, 0) is 0 Å². The predicted molar refractivity (Wildman–Crippen MR) is 70.0 cm³/mol. The van der Waals surface area contributed by atoms with Gasteiger partial charge in [-0.25, -0.2) is 0 Å². The van der Waals surface area contributed by atoms with Gasteiger partial charge < -0.3 is 9.80 Å². The number of rotatable bonds is 6. The summed E-state index contributed by atoms with van der Waals surface area (Å²) in [5.41, 5.74) is 1.64. The molecule has 0 aliphatic rings. The SMILES string of the molecule is CCCN(CCN(C)C)c1cnccc1C#N. The van der Waals surface area contributed by atoms with Crippen molar-refractivity contribution in [2.24, 2.45) is 0 Å². The third kappa shape index (κ3) is 4.04. The van der Waals surface area contributed by atoms with Gasteiger partial charge in [0.2, 0.25) is 0 Å². The molecular weight excluding hydrogens is 212 g/mol. The van der Waals surface area contributed by atoms with Crippen molar-refractivity contribution in [2.45, 2.75) is 13.3 Å². The van der Waals surface area contributed by atoms with E-state index in [2.05, 4.69) is 41.9 Å². The second-order valence-electron chi connectivity index (χ2n) is 4.29. The average Bonchev–Trinajstić information content (AvgIpc) is 2.34. The van der Waals surface area contributed by atoms with Gasteiger partial charge in [-0.1, -0.05) is 6.92 Å². The van der Waals surface area contributed by atoms with Crippen molar-refractivity contribution in [2.75, 3.05) is 38.6 Å². The van der Waals surface area contributed by atoms with Gasteiger partial charge in [0.25, 0.3) is 0 Å². The quantitative estimate of drug-likeness (QED) is 0.749. The summed E-state index contributed by atoms with van der Waals surface area (Å²) >= 11 is 0. The Kier molecular flexibility index (Phi) is 5.44. The number of aromatic nitrogens is 1. The third-order valence-corrected chi connectivity index (χ3v) is 2.57. The van der Waals surface area contributed by atoms with Crippen molar-refractivity contribution < 1.29 is 0 Å². The molecule has 0 aliphatic carbocycles. The van der Waals surface area contributed by atoms with Crippen LogP contribution in [0.1, 0.15) is 18.9 Å². The summed E-state index contributed by atoms with van der Waals surface area (Å²) in [7, 11) is 4.11. The number of hydrogen-bond donors (Lipinski definition) is 0. The van der Waals surface area contributed by atoms with Gasteiger partial charge in [-0.3, -0.25) is 4.98 Å². The van der Waals surface area contributed by atoms with E-state index in [4.69, 9.17) is 5.26 Å². The molecule has 0 aromatic carbocycles. The zero-order chi connectivity index (χ0) is 12.7. The fraction of sp³-hybridized carbons (Fsp3) is 0.538. The first-order chi connectivity index (χ1) is 8.19. The second kappa shape index (κ2) is 6.87. The van der Waals surface area contributed by atoms with Crippen LogP contribution in [0.4, 0.5) is 5.69 Å². The first-order valence-electron chi connectivity index (χ1n) is 5.92. The van der Waals surface area contributed by atoms with E-state index in [0.29, 0.717) is 5.56 Å². The summed E-state index contributed by atoms with van der Waals surface area (Å²) in [6.07, 6.45) is 4.51. The number of hydrogen-bond acceptors (Lipinski definition) is 4. The minimum absolute atomic E-state index is 0.701. The van der Waals surface area contributed by atoms with Gasteiger partial charge in [-0.2, -0.15) is 5.26 Å². The molecule has 0 saturated carbocycles. The van der Waals surface area contributed by atoms with Gasteiger partial charge in [0.1, 0.15) is 6.07 Å². The van der Waals surface area contributed by atoms with Gasteiger partial charge >= 0.3 is 0 Å². The Morgan fingerprint density at radius 2 is 2.06 bits per heavy atom. The van der Waals surface area contributed by atoms with Crippen LogP contribution >= 0.6 is 0 Å². The molecule has 4 heteroatoms. The minimum Gasteiger partial charge on any atom is -0.368 e. The second-order valence-corrected chi connectivity index (χ2v) is 4.29. The van der Waals surface area contributed by atoms with E-state index in [9.17, 15) is 0 Å². The molecule has 0 unspecified atom stereocenters. The molecule has 0 N–H and O–H groups in total. The topological polar surface area (TPSA) is 43.2 Å². The Labute approximate surface area is 103 Å². The Morgan fingerprint density at radius 3 is 2.65 bits per heavy atom. The Morgan fingerprint density at radius 1 is 1.29 bits per heavy atom. The maximum atomic E-state index is 9.10. The molecule has 4 nitrogen and oxygen atoms in total. The molecule has 1 heterocycles. The smallest absolute Gasteiger partial charge is 0.101 e. The highest BCUT2D eigenvalue weighted by atomic mass is 15.2.